The van der Waals surface area contributed by atoms with E-state index in [-0.39, 0.29) is 11.8 Å². The molecule has 3 N–H and O–H groups in total. The molecule has 0 aliphatic carbocycles. The molecule has 0 aliphatic rings. The molecule has 5 nitrogen and oxygen atoms in total. The number of rotatable bonds is 6. The Labute approximate surface area is 89.7 Å². The largest absolute Gasteiger partial charge is 0.468 e. The van der Waals surface area contributed by atoms with Crippen molar-refractivity contribution in [3.8, 4) is 0 Å². The van der Waals surface area contributed by atoms with Crippen LogP contribution in [0.5, 0.6) is 0 Å². The van der Waals surface area contributed by atoms with Crippen molar-refractivity contribution in [1.29, 1.82) is 0 Å². The Bertz CT molecular complexity index is 372. The molecule has 0 radical (unpaired) electrons. The first kappa shape index (κ1) is 12.2. The first-order valence-corrected chi connectivity index (χ1v) is 6.44. The molecule has 0 amide bonds. The van der Waals surface area contributed by atoms with E-state index in [0.717, 1.165) is 0 Å². The average Bonchev–Trinajstić information content (AvgIpc) is 2.67. The Kier molecular flexibility index (Phi) is 4.31. The second-order valence-corrected chi connectivity index (χ2v) is 5.19. The lowest BCUT2D eigenvalue weighted by Crippen LogP contribution is -2.29. The minimum Gasteiger partial charge on any atom is -0.468 e. The number of nitrogens with two attached hydrogens (primary N) is 1. The number of hydrogen-bond acceptors (Lipinski definition) is 4. The lowest BCUT2D eigenvalue weighted by Gasteiger charge is -2.11. The van der Waals surface area contributed by atoms with Gasteiger partial charge in [0.25, 0.3) is 0 Å². The summed E-state index contributed by atoms with van der Waals surface area (Å²) in [5, 5.41) is 0. The van der Waals surface area contributed by atoms with Crippen LogP contribution in [0.3, 0.4) is 0 Å². The van der Waals surface area contributed by atoms with Crippen molar-refractivity contribution in [2.45, 2.75) is 19.4 Å². The maximum atomic E-state index is 11.5. The second-order valence-electron chi connectivity index (χ2n) is 3.32. The van der Waals surface area contributed by atoms with Gasteiger partial charge in [0.05, 0.1) is 18.1 Å². The van der Waals surface area contributed by atoms with Crippen LogP contribution in [0.2, 0.25) is 0 Å². The summed E-state index contributed by atoms with van der Waals surface area (Å²) in [5.41, 5.74) is 5.25. The maximum absolute atomic E-state index is 11.5. The molecule has 86 valence electrons. The van der Waals surface area contributed by atoms with E-state index in [9.17, 15) is 8.42 Å². The molecule has 0 bridgehead atoms. The predicted molar refractivity (Wildman–Crippen MR) is 57.7 cm³/mol. The lowest BCUT2D eigenvalue weighted by molar-refractivity contribution is 0.459. The standard InChI is InChI=1S/C9H16N2O3S/c1-8(9-4-2-6-14-9)11-15(12,13)7-3-5-10/h2,4,6,8,11H,3,5,7,10H2,1H3. The van der Waals surface area contributed by atoms with Crippen molar-refractivity contribution < 1.29 is 12.8 Å². The van der Waals surface area contributed by atoms with Gasteiger partial charge in [-0.05, 0) is 32.0 Å². The van der Waals surface area contributed by atoms with Crippen LogP contribution in [0.1, 0.15) is 25.1 Å². The molecule has 1 aromatic heterocycles. The molecule has 1 atom stereocenters. The molecule has 1 heterocycles. The molecule has 1 aromatic rings. The van der Waals surface area contributed by atoms with Crippen molar-refractivity contribution >= 4 is 10.0 Å². The topological polar surface area (TPSA) is 85.3 Å². The Balaban J connectivity index is 2.54. The number of nitrogens with one attached hydrogen (secondary N) is 1. The Hall–Kier alpha value is -0.850. The molecule has 1 rings (SSSR count). The Morgan fingerprint density at radius 3 is 2.87 bits per heavy atom. The highest BCUT2D eigenvalue weighted by Gasteiger charge is 2.16. The molecule has 15 heavy (non-hydrogen) atoms. The Morgan fingerprint density at radius 1 is 1.60 bits per heavy atom. The van der Waals surface area contributed by atoms with Crippen LogP contribution in [0.25, 0.3) is 0 Å². The average molecular weight is 232 g/mol. The van der Waals surface area contributed by atoms with Gasteiger partial charge in [-0.3, -0.25) is 0 Å². The van der Waals surface area contributed by atoms with E-state index in [0.29, 0.717) is 18.7 Å². The predicted octanol–water partition coefficient (Wildman–Crippen LogP) is 0.609. The third kappa shape index (κ3) is 4.03. The minimum absolute atomic E-state index is 0.0501. The lowest BCUT2D eigenvalue weighted by atomic mass is 10.3. The van der Waals surface area contributed by atoms with Gasteiger partial charge in [0, 0.05) is 0 Å². The monoisotopic (exact) mass is 232 g/mol. The van der Waals surface area contributed by atoms with E-state index in [1.165, 1.54) is 6.26 Å². The van der Waals surface area contributed by atoms with Crippen LogP contribution < -0.4 is 10.5 Å². The fourth-order valence-corrected chi connectivity index (χ4v) is 2.52. The summed E-state index contributed by atoms with van der Waals surface area (Å²) in [4.78, 5) is 0. The molecular weight excluding hydrogens is 216 g/mol. The van der Waals surface area contributed by atoms with Crippen LogP contribution in [0, 0.1) is 0 Å². The molecule has 1 unspecified atom stereocenters. The van der Waals surface area contributed by atoms with E-state index < -0.39 is 10.0 Å². The van der Waals surface area contributed by atoms with Gasteiger partial charge in [0.2, 0.25) is 10.0 Å². The first-order chi connectivity index (χ1) is 7.05. The molecule has 0 saturated carbocycles. The summed E-state index contributed by atoms with van der Waals surface area (Å²) in [6.45, 7) is 2.11. The molecule has 6 heteroatoms. The zero-order valence-corrected chi connectivity index (χ0v) is 9.46. The third-order valence-electron chi connectivity index (χ3n) is 1.94. The first-order valence-electron chi connectivity index (χ1n) is 4.78. The van der Waals surface area contributed by atoms with Gasteiger partial charge < -0.3 is 10.2 Å². The summed E-state index contributed by atoms with van der Waals surface area (Å²) >= 11 is 0. The highest BCUT2D eigenvalue weighted by Crippen LogP contribution is 2.13. The fourth-order valence-electron chi connectivity index (χ4n) is 1.20. The summed E-state index contributed by atoms with van der Waals surface area (Å²) in [6.07, 6.45) is 1.97. The molecule has 0 saturated heterocycles. The molecular formula is C9H16N2O3S. The summed E-state index contributed by atoms with van der Waals surface area (Å²) in [5.74, 6) is 0.653. The van der Waals surface area contributed by atoms with E-state index in [1.54, 1.807) is 19.1 Å². The number of furan rings is 1. The van der Waals surface area contributed by atoms with E-state index in [2.05, 4.69) is 4.72 Å². The van der Waals surface area contributed by atoms with Gasteiger partial charge in [0.1, 0.15) is 5.76 Å². The SMILES string of the molecule is CC(NS(=O)(=O)CCCN)c1ccco1. The van der Waals surface area contributed by atoms with E-state index >= 15 is 0 Å². The summed E-state index contributed by atoms with van der Waals surface area (Å²) in [7, 11) is -3.26. The quantitative estimate of drug-likeness (QED) is 0.752. The highest BCUT2D eigenvalue weighted by atomic mass is 32.2. The van der Waals surface area contributed by atoms with Crippen LogP contribution in [0.15, 0.2) is 22.8 Å². The molecule has 0 spiro atoms. The molecule has 0 aliphatic heterocycles. The summed E-state index contributed by atoms with van der Waals surface area (Å²) < 4.78 is 30.6. The van der Waals surface area contributed by atoms with Crippen LogP contribution in [-0.2, 0) is 10.0 Å². The smallest absolute Gasteiger partial charge is 0.212 e. The highest BCUT2D eigenvalue weighted by molar-refractivity contribution is 7.89. The zero-order valence-electron chi connectivity index (χ0n) is 8.64. The van der Waals surface area contributed by atoms with Gasteiger partial charge in [-0.2, -0.15) is 0 Å². The fraction of sp³-hybridized carbons (Fsp3) is 0.556. The van der Waals surface area contributed by atoms with Crippen molar-refractivity contribution in [2.75, 3.05) is 12.3 Å². The third-order valence-corrected chi connectivity index (χ3v) is 3.48. The second kappa shape index (κ2) is 5.29. The number of hydrogen-bond donors (Lipinski definition) is 2. The van der Waals surface area contributed by atoms with Crippen molar-refractivity contribution in [3.63, 3.8) is 0 Å². The van der Waals surface area contributed by atoms with Gasteiger partial charge in [-0.1, -0.05) is 0 Å². The normalized spacial score (nSPS) is 14.0. The Morgan fingerprint density at radius 2 is 2.33 bits per heavy atom. The van der Waals surface area contributed by atoms with E-state index in [1.807, 2.05) is 0 Å². The van der Waals surface area contributed by atoms with Gasteiger partial charge >= 0.3 is 0 Å². The summed E-state index contributed by atoms with van der Waals surface area (Å²) in [6, 6.07) is 3.11. The van der Waals surface area contributed by atoms with Crippen LogP contribution in [-0.4, -0.2) is 20.7 Å². The minimum atomic E-state index is -3.26. The van der Waals surface area contributed by atoms with Gasteiger partial charge in [-0.25, -0.2) is 13.1 Å². The maximum Gasteiger partial charge on any atom is 0.212 e. The van der Waals surface area contributed by atoms with Crippen LogP contribution >= 0.6 is 0 Å². The van der Waals surface area contributed by atoms with Crippen molar-refractivity contribution in [1.82, 2.24) is 4.72 Å². The van der Waals surface area contributed by atoms with Crippen molar-refractivity contribution in [3.05, 3.63) is 24.2 Å². The van der Waals surface area contributed by atoms with Gasteiger partial charge in [0.15, 0.2) is 0 Å². The van der Waals surface area contributed by atoms with Crippen molar-refractivity contribution in [2.24, 2.45) is 5.73 Å². The number of sulfonamides is 1. The molecule has 0 aromatic carbocycles. The van der Waals surface area contributed by atoms with Crippen LogP contribution in [0.4, 0.5) is 0 Å². The zero-order chi connectivity index (χ0) is 11.3. The van der Waals surface area contributed by atoms with E-state index in [4.69, 9.17) is 10.2 Å². The van der Waals surface area contributed by atoms with Gasteiger partial charge in [-0.15, -0.1) is 0 Å². The molecule has 0 fully saturated rings.